The van der Waals surface area contributed by atoms with Crippen molar-refractivity contribution in [2.45, 2.75) is 39.3 Å². The molecule has 2 rings (SSSR count). The van der Waals surface area contributed by atoms with Crippen molar-refractivity contribution in [2.75, 3.05) is 13.2 Å². The van der Waals surface area contributed by atoms with Crippen LogP contribution in [-0.2, 0) is 11.3 Å². The molecule has 0 aliphatic heterocycles. The van der Waals surface area contributed by atoms with Crippen LogP contribution in [-0.4, -0.2) is 34.2 Å². The zero-order valence-corrected chi connectivity index (χ0v) is 12.8. The van der Waals surface area contributed by atoms with Gasteiger partial charge in [0.2, 0.25) is 0 Å². The number of para-hydroxylation sites is 1. The summed E-state index contributed by atoms with van der Waals surface area (Å²) in [4.78, 5) is 1.66. The van der Waals surface area contributed by atoms with E-state index in [-0.39, 0.29) is 0 Å². The lowest BCUT2D eigenvalue weighted by Gasteiger charge is -2.07. The SMILES string of the molecule is CC(C)OCCCCNCc1cnn(-c2ccccc2)n1. The van der Waals surface area contributed by atoms with E-state index in [1.54, 1.807) is 4.80 Å². The number of hydrogen-bond acceptors (Lipinski definition) is 4. The predicted molar refractivity (Wildman–Crippen MR) is 83.4 cm³/mol. The Morgan fingerprint density at radius 1 is 1.19 bits per heavy atom. The fourth-order valence-corrected chi connectivity index (χ4v) is 1.95. The Morgan fingerprint density at radius 2 is 2.00 bits per heavy atom. The quantitative estimate of drug-likeness (QED) is 0.721. The molecule has 1 aromatic carbocycles. The van der Waals surface area contributed by atoms with E-state index in [1.165, 1.54) is 0 Å². The predicted octanol–water partition coefficient (Wildman–Crippen LogP) is 2.56. The Labute approximate surface area is 126 Å². The molecular formula is C16H24N4O. The highest BCUT2D eigenvalue weighted by atomic mass is 16.5. The van der Waals surface area contributed by atoms with Crippen LogP contribution in [0.5, 0.6) is 0 Å². The fourth-order valence-electron chi connectivity index (χ4n) is 1.95. The van der Waals surface area contributed by atoms with Gasteiger partial charge in [0.15, 0.2) is 0 Å². The standard InChI is InChI=1S/C16H24N4O/c1-14(2)21-11-7-6-10-17-12-15-13-18-20(19-15)16-8-4-3-5-9-16/h3-5,8-9,13-14,17H,6-7,10-12H2,1-2H3. The van der Waals surface area contributed by atoms with E-state index in [0.29, 0.717) is 6.10 Å². The van der Waals surface area contributed by atoms with Gasteiger partial charge in [-0.1, -0.05) is 18.2 Å². The van der Waals surface area contributed by atoms with Gasteiger partial charge in [0.25, 0.3) is 0 Å². The number of rotatable bonds is 9. The average molecular weight is 288 g/mol. The summed E-state index contributed by atoms with van der Waals surface area (Å²) in [6.45, 7) is 6.68. The monoisotopic (exact) mass is 288 g/mol. The van der Waals surface area contributed by atoms with Gasteiger partial charge >= 0.3 is 0 Å². The molecule has 0 unspecified atom stereocenters. The maximum absolute atomic E-state index is 5.51. The molecular weight excluding hydrogens is 264 g/mol. The lowest BCUT2D eigenvalue weighted by molar-refractivity contribution is 0.0760. The van der Waals surface area contributed by atoms with E-state index in [2.05, 4.69) is 29.4 Å². The van der Waals surface area contributed by atoms with Gasteiger partial charge in [-0.25, -0.2) is 0 Å². The molecule has 0 bridgehead atoms. The molecule has 5 nitrogen and oxygen atoms in total. The first-order valence-corrected chi connectivity index (χ1v) is 7.54. The van der Waals surface area contributed by atoms with Crippen LogP contribution in [0.2, 0.25) is 0 Å². The third-order valence-electron chi connectivity index (χ3n) is 3.03. The maximum atomic E-state index is 5.51. The van der Waals surface area contributed by atoms with E-state index >= 15 is 0 Å². The summed E-state index contributed by atoms with van der Waals surface area (Å²) >= 11 is 0. The van der Waals surface area contributed by atoms with Crippen molar-refractivity contribution in [1.82, 2.24) is 20.3 Å². The van der Waals surface area contributed by atoms with Crippen molar-refractivity contribution >= 4 is 0 Å². The molecule has 1 heterocycles. The summed E-state index contributed by atoms with van der Waals surface area (Å²) in [6.07, 6.45) is 4.33. The molecule has 2 aromatic rings. The summed E-state index contributed by atoms with van der Waals surface area (Å²) in [7, 11) is 0. The van der Waals surface area contributed by atoms with Gasteiger partial charge in [-0.05, 0) is 45.4 Å². The number of unbranched alkanes of at least 4 members (excludes halogenated alkanes) is 1. The van der Waals surface area contributed by atoms with Crippen molar-refractivity contribution < 1.29 is 4.74 Å². The highest BCUT2D eigenvalue weighted by molar-refractivity contribution is 5.28. The number of benzene rings is 1. The van der Waals surface area contributed by atoms with Crippen LogP contribution in [0.15, 0.2) is 36.5 Å². The second-order valence-electron chi connectivity index (χ2n) is 5.26. The van der Waals surface area contributed by atoms with Crippen LogP contribution in [0, 0.1) is 0 Å². The number of nitrogens with zero attached hydrogens (tertiary/aromatic N) is 3. The highest BCUT2D eigenvalue weighted by Gasteiger charge is 2.02. The number of ether oxygens (including phenoxy) is 1. The molecule has 0 aliphatic carbocycles. The molecule has 21 heavy (non-hydrogen) atoms. The van der Waals surface area contributed by atoms with Crippen LogP contribution in [0.3, 0.4) is 0 Å². The molecule has 0 aliphatic rings. The third kappa shape index (κ3) is 5.65. The van der Waals surface area contributed by atoms with Crippen LogP contribution in [0.4, 0.5) is 0 Å². The van der Waals surface area contributed by atoms with Gasteiger partial charge in [-0.15, -0.1) is 0 Å². The molecule has 1 N–H and O–H groups in total. The molecule has 0 spiro atoms. The number of hydrogen-bond donors (Lipinski definition) is 1. The third-order valence-corrected chi connectivity index (χ3v) is 3.03. The van der Waals surface area contributed by atoms with Crippen LogP contribution in [0.1, 0.15) is 32.4 Å². The fraction of sp³-hybridized carbons (Fsp3) is 0.500. The zero-order chi connectivity index (χ0) is 14.9. The molecule has 0 saturated carbocycles. The summed E-state index contributed by atoms with van der Waals surface area (Å²) in [5.41, 5.74) is 1.94. The maximum Gasteiger partial charge on any atom is 0.0969 e. The van der Waals surface area contributed by atoms with Crippen LogP contribution < -0.4 is 5.32 Å². The Kier molecular flexibility index (Phi) is 6.37. The average Bonchev–Trinajstić information content (AvgIpc) is 2.96. The van der Waals surface area contributed by atoms with Gasteiger partial charge in [-0.3, -0.25) is 0 Å². The van der Waals surface area contributed by atoms with Crippen molar-refractivity contribution in [1.29, 1.82) is 0 Å². The van der Waals surface area contributed by atoms with Gasteiger partial charge in [0.1, 0.15) is 0 Å². The van der Waals surface area contributed by atoms with E-state index in [4.69, 9.17) is 4.74 Å². The largest absolute Gasteiger partial charge is 0.379 e. The minimum absolute atomic E-state index is 0.325. The van der Waals surface area contributed by atoms with Gasteiger partial charge in [0, 0.05) is 13.2 Å². The molecule has 0 atom stereocenters. The second-order valence-corrected chi connectivity index (χ2v) is 5.26. The van der Waals surface area contributed by atoms with Crippen molar-refractivity contribution in [2.24, 2.45) is 0 Å². The lowest BCUT2D eigenvalue weighted by Crippen LogP contribution is -2.16. The molecule has 0 radical (unpaired) electrons. The minimum atomic E-state index is 0.325. The molecule has 0 amide bonds. The Balaban J connectivity index is 1.65. The first kappa shape index (κ1) is 15.7. The number of aromatic nitrogens is 3. The minimum Gasteiger partial charge on any atom is -0.379 e. The molecule has 0 fully saturated rings. The van der Waals surface area contributed by atoms with Crippen molar-refractivity contribution in [3.05, 3.63) is 42.2 Å². The molecule has 1 aromatic heterocycles. The molecule has 114 valence electrons. The van der Waals surface area contributed by atoms with E-state index in [1.807, 2.05) is 36.5 Å². The first-order valence-electron chi connectivity index (χ1n) is 7.54. The van der Waals surface area contributed by atoms with E-state index in [0.717, 1.165) is 43.9 Å². The first-order chi connectivity index (χ1) is 10.3. The zero-order valence-electron chi connectivity index (χ0n) is 12.8. The summed E-state index contributed by atoms with van der Waals surface area (Å²) in [5.74, 6) is 0. The molecule has 0 saturated heterocycles. The normalized spacial score (nSPS) is 11.2. The van der Waals surface area contributed by atoms with E-state index < -0.39 is 0 Å². The summed E-state index contributed by atoms with van der Waals surface area (Å²) < 4.78 is 5.51. The van der Waals surface area contributed by atoms with Gasteiger partial charge in [-0.2, -0.15) is 15.0 Å². The Hall–Kier alpha value is -1.72. The smallest absolute Gasteiger partial charge is 0.0969 e. The molecule has 5 heteroatoms. The van der Waals surface area contributed by atoms with Crippen LogP contribution >= 0.6 is 0 Å². The van der Waals surface area contributed by atoms with Gasteiger partial charge < -0.3 is 10.1 Å². The highest BCUT2D eigenvalue weighted by Crippen LogP contribution is 2.04. The topological polar surface area (TPSA) is 52.0 Å². The van der Waals surface area contributed by atoms with Gasteiger partial charge in [0.05, 0.1) is 23.7 Å². The number of nitrogens with one attached hydrogen (secondary N) is 1. The summed E-state index contributed by atoms with van der Waals surface area (Å²) in [5, 5.41) is 12.1. The van der Waals surface area contributed by atoms with Crippen molar-refractivity contribution in [3.8, 4) is 5.69 Å². The second kappa shape index (κ2) is 8.54. The van der Waals surface area contributed by atoms with Crippen molar-refractivity contribution in [3.63, 3.8) is 0 Å². The lowest BCUT2D eigenvalue weighted by atomic mass is 10.3. The van der Waals surface area contributed by atoms with Crippen LogP contribution in [0.25, 0.3) is 5.69 Å². The van der Waals surface area contributed by atoms with E-state index in [9.17, 15) is 0 Å². The Morgan fingerprint density at radius 3 is 2.76 bits per heavy atom. The summed E-state index contributed by atoms with van der Waals surface area (Å²) in [6, 6.07) is 9.93. The Bertz CT molecular complexity index is 510.